The average molecular weight is 712 g/mol. The van der Waals surface area contributed by atoms with Gasteiger partial charge in [0.2, 0.25) is 0 Å². The van der Waals surface area contributed by atoms with E-state index in [0.717, 1.165) is 15.9 Å². The first-order valence-corrected chi connectivity index (χ1v) is 15.8. The Hall–Kier alpha value is -3.77. The van der Waals surface area contributed by atoms with Crippen LogP contribution < -0.4 is 24.4 Å². The number of ether oxygens (including phenoxy) is 3. The number of halogens is 6. The second-order valence-electron chi connectivity index (χ2n) is 9.78. The third kappa shape index (κ3) is 7.12. The summed E-state index contributed by atoms with van der Waals surface area (Å²) in [6, 6.07) is 14.4. The lowest BCUT2D eigenvalue weighted by molar-refractivity contribution is -0.140. The highest BCUT2D eigenvalue weighted by atomic mass is 35.5. The molecule has 1 atom stereocenters. The van der Waals surface area contributed by atoms with Crippen molar-refractivity contribution >= 4 is 58.2 Å². The maximum Gasteiger partial charge on any atom is 0.434 e. The largest absolute Gasteiger partial charge is 0.490 e. The molecule has 0 aliphatic carbocycles. The number of thiazole rings is 1. The molecule has 3 aromatic carbocycles. The van der Waals surface area contributed by atoms with Gasteiger partial charge < -0.3 is 14.2 Å². The summed E-state index contributed by atoms with van der Waals surface area (Å²) in [5, 5.41) is 1.25. The summed E-state index contributed by atoms with van der Waals surface area (Å²) in [5.41, 5.74) is -1.44. The van der Waals surface area contributed by atoms with E-state index in [0.29, 0.717) is 44.3 Å². The molecule has 0 bridgehead atoms. The van der Waals surface area contributed by atoms with Gasteiger partial charge in [0.25, 0.3) is 5.56 Å². The Morgan fingerprint density at radius 2 is 1.67 bits per heavy atom. The molecule has 0 spiro atoms. The first-order valence-electron chi connectivity index (χ1n) is 13.8. The topological polar surface area (TPSA) is 79.1 Å². The van der Waals surface area contributed by atoms with Crippen molar-refractivity contribution < 1.29 is 32.2 Å². The second-order valence-corrected chi connectivity index (χ2v) is 12.1. The van der Waals surface area contributed by atoms with Crippen molar-refractivity contribution in [1.29, 1.82) is 0 Å². The number of aromatic nitrogens is 1. The van der Waals surface area contributed by atoms with Crippen LogP contribution in [-0.4, -0.2) is 29.9 Å². The van der Waals surface area contributed by atoms with E-state index >= 15 is 0 Å². The van der Waals surface area contributed by atoms with E-state index in [9.17, 15) is 22.8 Å². The summed E-state index contributed by atoms with van der Waals surface area (Å²) in [4.78, 5) is 30.4. The molecule has 0 radical (unpaired) electrons. The molecule has 1 aliphatic rings. The highest BCUT2D eigenvalue weighted by Crippen LogP contribution is 2.38. The van der Waals surface area contributed by atoms with Crippen LogP contribution in [0.4, 0.5) is 13.2 Å². The van der Waals surface area contributed by atoms with Crippen molar-refractivity contribution in [2.75, 3.05) is 13.2 Å². The van der Waals surface area contributed by atoms with Crippen molar-refractivity contribution in [2.45, 2.75) is 32.7 Å². The molecular formula is C32H24Cl3F3N2O5S. The Bertz CT molecular complexity index is 2010. The number of esters is 1. The fourth-order valence-electron chi connectivity index (χ4n) is 4.75. The first kappa shape index (κ1) is 33.6. The maximum atomic E-state index is 14.3. The summed E-state index contributed by atoms with van der Waals surface area (Å²) < 4.78 is 60.9. The molecular weight excluding hydrogens is 688 g/mol. The zero-order valence-electron chi connectivity index (χ0n) is 24.2. The van der Waals surface area contributed by atoms with E-state index in [1.807, 2.05) is 0 Å². The number of hydrogen-bond acceptors (Lipinski definition) is 7. The van der Waals surface area contributed by atoms with E-state index in [1.165, 1.54) is 37.3 Å². The van der Waals surface area contributed by atoms with Crippen LogP contribution in [0.15, 0.2) is 81.7 Å². The number of carbonyl (C=O) groups excluding carboxylic acids is 1. The fourth-order valence-corrected chi connectivity index (χ4v) is 6.34. The van der Waals surface area contributed by atoms with Crippen molar-refractivity contribution in [2.24, 2.45) is 4.99 Å². The molecule has 5 rings (SSSR count). The van der Waals surface area contributed by atoms with Crippen molar-refractivity contribution in [3.63, 3.8) is 0 Å². The van der Waals surface area contributed by atoms with Crippen LogP contribution in [0.25, 0.3) is 6.08 Å². The molecule has 0 fully saturated rings. The number of rotatable bonds is 9. The molecule has 4 aromatic rings. The quantitative estimate of drug-likeness (QED) is 0.171. The Kier molecular flexibility index (Phi) is 10.2. The highest BCUT2D eigenvalue weighted by Gasteiger charge is 2.45. The van der Waals surface area contributed by atoms with Crippen LogP contribution in [0.2, 0.25) is 15.1 Å². The predicted molar refractivity (Wildman–Crippen MR) is 171 cm³/mol. The average Bonchev–Trinajstić information content (AvgIpc) is 3.31. The molecule has 0 saturated heterocycles. The summed E-state index contributed by atoms with van der Waals surface area (Å²) >= 11 is 19.0. The Morgan fingerprint density at radius 1 is 0.957 bits per heavy atom. The van der Waals surface area contributed by atoms with Crippen molar-refractivity contribution in [3.05, 3.63) is 123 Å². The molecule has 0 N–H and O–H groups in total. The molecule has 7 nitrogen and oxygen atoms in total. The normalized spacial score (nSPS) is 15.0. The SMILES string of the molecule is CCOC(=O)C1=C(C(F)(F)F)N=c2s/c(=C\c3ccc(OCc4ccc(Cl)cc4Cl)c(OCC)c3)c(=O)n2[C@@H]1c1ccc(Cl)cc1. The van der Waals surface area contributed by atoms with Crippen LogP contribution in [0.5, 0.6) is 11.5 Å². The minimum Gasteiger partial charge on any atom is -0.490 e. The van der Waals surface area contributed by atoms with Gasteiger partial charge in [-0.15, -0.1) is 0 Å². The lowest BCUT2D eigenvalue weighted by atomic mass is 9.95. The van der Waals surface area contributed by atoms with Crippen molar-refractivity contribution in [3.8, 4) is 11.5 Å². The van der Waals surface area contributed by atoms with Gasteiger partial charge in [0, 0.05) is 20.6 Å². The van der Waals surface area contributed by atoms with Crippen LogP contribution >= 0.6 is 46.1 Å². The summed E-state index contributed by atoms with van der Waals surface area (Å²) in [7, 11) is 0. The highest BCUT2D eigenvalue weighted by molar-refractivity contribution is 7.07. The number of nitrogens with zero attached hydrogens (tertiary/aromatic N) is 2. The van der Waals surface area contributed by atoms with Gasteiger partial charge >= 0.3 is 12.1 Å². The van der Waals surface area contributed by atoms with E-state index in [1.54, 1.807) is 43.3 Å². The summed E-state index contributed by atoms with van der Waals surface area (Å²) in [5.74, 6) is -0.454. The monoisotopic (exact) mass is 710 g/mol. The number of fused-ring (bicyclic) bond motifs is 1. The van der Waals surface area contributed by atoms with E-state index < -0.39 is 35.0 Å². The Labute approximate surface area is 279 Å². The van der Waals surface area contributed by atoms with Gasteiger partial charge in [-0.05, 0) is 67.4 Å². The predicted octanol–water partition coefficient (Wildman–Crippen LogP) is 7.28. The second kappa shape index (κ2) is 13.9. The van der Waals surface area contributed by atoms with Gasteiger partial charge in [-0.25, -0.2) is 9.79 Å². The number of hydrogen-bond donors (Lipinski definition) is 0. The number of alkyl halides is 3. The Balaban J connectivity index is 1.61. The third-order valence-electron chi connectivity index (χ3n) is 6.74. The Morgan fingerprint density at radius 3 is 2.33 bits per heavy atom. The first-order chi connectivity index (χ1) is 21.9. The van der Waals surface area contributed by atoms with E-state index in [2.05, 4.69) is 4.99 Å². The molecule has 1 aliphatic heterocycles. The lowest BCUT2D eigenvalue weighted by Crippen LogP contribution is -2.41. The molecule has 0 amide bonds. The van der Waals surface area contributed by atoms with Gasteiger partial charge in [0.1, 0.15) is 6.61 Å². The lowest BCUT2D eigenvalue weighted by Gasteiger charge is -2.26. The smallest absolute Gasteiger partial charge is 0.434 e. The van der Waals surface area contributed by atoms with Crippen LogP contribution in [0.3, 0.4) is 0 Å². The van der Waals surface area contributed by atoms with Crippen LogP contribution in [0, 0.1) is 0 Å². The minimum atomic E-state index is -5.01. The van der Waals surface area contributed by atoms with Crippen LogP contribution in [-0.2, 0) is 16.1 Å². The summed E-state index contributed by atoms with van der Waals surface area (Å²) in [6.45, 7) is 3.52. The standard InChI is InChI=1S/C32H24Cl3F3N2O5S/c1-3-43-24-13-17(5-12-23(24)45-16-19-8-11-21(34)15-22(19)35)14-25-29(41)40-27(18-6-9-20(33)10-7-18)26(30(42)44-4-2)28(32(36,37)38)39-31(40)46-25/h5-15,27H,3-4,16H2,1-2H3/b25-14-/t27-/m1/s1. The number of benzene rings is 3. The van der Waals surface area contributed by atoms with E-state index in [-0.39, 0.29) is 28.1 Å². The van der Waals surface area contributed by atoms with Gasteiger partial charge in [-0.3, -0.25) is 9.36 Å². The molecule has 1 aromatic heterocycles. The zero-order valence-corrected chi connectivity index (χ0v) is 27.2. The molecule has 46 heavy (non-hydrogen) atoms. The zero-order chi connectivity index (χ0) is 33.2. The third-order valence-corrected chi connectivity index (χ3v) is 8.57. The molecule has 2 heterocycles. The molecule has 0 unspecified atom stereocenters. The summed E-state index contributed by atoms with van der Waals surface area (Å²) in [6.07, 6.45) is -3.51. The van der Waals surface area contributed by atoms with Crippen LogP contribution in [0.1, 0.15) is 36.6 Å². The van der Waals surface area contributed by atoms with Gasteiger partial charge in [-0.1, -0.05) is 70.4 Å². The molecule has 0 saturated carbocycles. The van der Waals surface area contributed by atoms with Crippen molar-refractivity contribution in [1.82, 2.24) is 4.57 Å². The maximum absolute atomic E-state index is 14.3. The molecule has 14 heteroatoms. The van der Waals surface area contributed by atoms with Gasteiger partial charge in [-0.2, -0.15) is 13.2 Å². The van der Waals surface area contributed by atoms with Gasteiger partial charge in [0.15, 0.2) is 22.0 Å². The molecule has 240 valence electrons. The number of allylic oxidation sites excluding steroid dienone is 1. The minimum absolute atomic E-state index is 0.0772. The van der Waals surface area contributed by atoms with E-state index in [4.69, 9.17) is 49.0 Å². The number of carbonyl (C=O) groups is 1. The van der Waals surface area contributed by atoms with Gasteiger partial charge in [0.05, 0.1) is 29.4 Å². The fraction of sp³-hybridized carbons (Fsp3) is 0.219.